The number of hydrogen-bond acceptors (Lipinski definition) is 9. The first kappa shape index (κ1) is 32.2. The molecule has 14 heteroatoms. The SMILES string of the molecule is COC(=O)c1cc(NC(=O)CC[C@H](NC(=O)Oc2ccc(N(CCCl)CCCl)cc2)C(=O)O)cc(C(=O)OC)c1. The summed E-state index contributed by atoms with van der Waals surface area (Å²) in [5.74, 6) is -2.51. The number of esters is 2. The summed E-state index contributed by atoms with van der Waals surface area (Å²) in [7, 11) is 2.31. The van der Waals surface area contributed by atoms with Gasteiger partial charge in [0.2, 0.25) is 5.91 Å². The fourth-order valence-corrected chi connectivity index (χ4v) is 3.91. The average molecular weight is 598 g/mol. The van der Waals surface area contributed by atoms with Gasteiger partial charge in [0.1, 0.15) is 11.8 Å². The van der Waals surface area contributed by atoms with Gasteiger partial charge < -0.3 is 34.9 Å². The van der Waals surface area contributed by atoms with Gasteiger partial charge in [0.15, 0.2) is 0 Å². The van der Waals surface area contributed by atoms with Gasteiger partial charge in [-0.05, 0) is 48.9 Å². The predicted molar refractivity (Wildman–Crippen MR) is 148 cm³/mol. The Kier molecular flexibility index (Phi) is 13.0. The minimum atomic E-state index is -1.44. The Bertz CT molecular complexity index is 1170. The number of amides is 2. The van der Waals surface area contributed by atoms with Crippen LogP contribution in [0.5, 0.6) is 5.75 Å². The van der Waals surface area contributed by atoms with Crippen LogP contribution in [0.1, 0.15) is 33.6 Å². The third kappa shape index (κ3) is 9.93. The Hall–Kier alpha value is -4.03. The zero-order chi connectivity index (χ0) is 29.7. The topological polar surface area (TPSA) is 161 Å². The molecule has 1 atom stereocenters. The molecular formula is C26H29Cl2N3O9. The minimum absolute atomic E-state index is 0.00707. The van der Waals surface area contributed by atoms with Gasteiger partial charge in [0.05, 0.1) is 25.3 Å². The summed E-state index contributed by atoms with van der Waals surface area (Å²) in [4.78, 5) is 62.3. The molecule has 0 unspecified atom stereocenters. The molecule has 2 rings (SSSR count). The van der Waals surface area contributed by atoms with Crippen molar-refractivity contribution in [1.82, 2.24) is 5.32 Å². The van der Waals surface area contributed by atoms with Crippen molar-refractivity contribution in [3.63, 3.8) is 0 Å². The van der Waals surface area contributed by atoms with Gasteiger partial charge in [-0.3, -0.25) is 4.79 Å². The van der Waals surface area contributed by atoms with Gasteiger partial charge in [0, 0.05) is 42.6 Å². The van der Waals surface area contributed by atoms with E-state index in [0.29, 0.717) is 24.8 Å². The van der Waals surface area contributed by atoms with Crippen LogP contribution >= 0.6 is 23.2 Å². The predicted octanol–water partition coefficient (Wildman–Crippen LogP) is 3.50. The van der Waals surface area contributed by atoms with Gasteiger partial charge in [-0.1, -0.05) is 0 Å². The van der Waals surface area contributed by atoms with Gasteiger partial charge in [-0.15, -0.1) is 23.2 Å². The quantitative estimate of drug-likeness (QED) is 0.217. The van der Waals surface area contributed by atoms with E-state index in [2.05, 4.69) is 20.1 Å². The minimum Gasteiger partial charge on any atom is -0.480 e. The van der Waals surface area contributed by atoms with Crippen molar-refractivity contribution >= 4 is 64.5 Å². The van der Waals surface area contributed by atoms with Crippen molar-refractivity contribution in [3.8, 4) is 5.75 Å². The molecule has 3 N–H and O–H groups in total. The molecule has 12 nitrogen and oxygen atoms in total. The Labute approximate surface area is 240 Å². The van der Waals surface area contributed by atoms with Crippen LogP contribution in [0.25, 0.3) is 0 Å². The van der Waals surface area contributed by atoms with Crippen LogP contribution in [0.15, 0.2) is 42.5 Å². The molecule has 0 aliphatic carbocycles. The van der Waals surface area contributed by atoms with E-state index in [-0.39, 0.29) is 35.4 Å². The lowest BCUT2D eigenvalue weighted by molar-refractivity contribution is -0.139. The number of aliphatic carboxylic acids is 1. The van der Waals surface area contributed by atoms with Crippen molar-refractivity contribution in [2.24, 2.45) is 0 Å². The van der Waals surface area contributed by atoms with Gasteiger partial charge >= 0.3 is 24.0 Å². The summed E-state index contributed by atoms with van der Waals surface area (Å²) in [6.07, 6.45) is -1.62. The molecule has 0 bridgehead atoms. The van der Waals surface area contributed by atoms with Crippen molar-refractivity contribution < 1.29 is 43.3 Å². The van der Waals surface area contributed by atoms with E-state index in [1.165, 1.54) is 18.2 Å². The largest absolute Gasteiger partial charge is 0.480 e. The summed E-state index contributed by atoms with van der Waals surface area (Å²) >= 11 is 11.6. The van der Waals surface area contributed by atoms with Crippen LogP contribution in [-0.2, 0) is 19.1 Å². The maximum absolute atomic E-state index is 12.5. The van der Waals surface area contributed by atoms with E-state index < -0.39 is 36.0 Å². The summed E-state index contributed by atoms with van der Waals surface area (Å²) in [5.41, 5.74) is 0.894. The van der Waals surface area contributed by atoms with Gasteiger partial charge in [-0.25, -0.2) is 19.2 Å². The fraction of sp³-hybridized carbons (Fsp3) is 0.346. The van der Waals surface area contributed by atoms with Crippen LogP contribution in [0.4, 0.5) is 16.2 Å². The number of ether oxygens (including phenoxy) is 3. The molecule has 40 heavy (non-hydrogen) atoms. The number of nitrogens with zero attached hydrogens (tertiary/aromatic N) is 1. The smallest absolute Gasteiger partial charge is 0.413 e. The Morgan fingerprint density at radius 2 is 1.45 bits per heavy atom. The number of halogens is 2. The molecule has 2 aromatic carbocycles. The molecule has 0 radical (unpaired) electrons. The number of carboxylic acids is 1. The third-order valence-electron chi connectivity index (χ3n) is 5.43. The Balaban J connectivity index is 1.99. The number of carbonyl (C=O) groups excluding carboxylic acids is 4. The van der Waals surface area contributed by atoms with E-state index in [1.54, 1.807) is 24.3 Å². The second kappa shape index (κ2) is 16.2. The van der Waals surface area contributed by atoms with Gasteiger partial charge in [-0.2, -0.15) is 0 Å². The number of carboxylic acid groups (broad SMARTS) is 1. The van der Waals surface area contributed by atoms with Crippen LogP contribution in [0.3, 0.4) is 0 Å². The highest BCUT2D eigenvalue weighted by molar-refractivity contribution is 6.18. The molecule has 2 amide bonds. The molecule has 0 saturated heterocycles. The normalized spacial score (nSPS) is 11.1. The zero-order valence-corrected chi connectivity index (χ0v) is 23.3. The van der Waals surface area contributed by atoms with Crippen LogP contribution in [-0.4, -0.2) is 80.1 Å². The first-order chi connectivity index (χ1) is 19.1. The maximum atomic E-state index is 12.5. The molecule has 216 valence electrons. The number of carbonyl (C=O) groups is 5. The van der Waals surface area contributed by atoms with Gasteiger partial charge in [0.25, 0.3) is 0 Å². The second-order valence-electron chi connectivity index (χ2n) is 8.15. The van der Waals surface area contributed by atoms with Crippen molar-refractivity contribution in [1.29, 1.82) is 0 Å². The van der Waals surface area contributed by atoms with E-state index in [4.69, 9.17) is 27.9 Å². The molecule has 0 aliphatic heterocycles. The maximum Gasteiger partial charge on any atom is 0.413 e. The number of hydrogen-bond donors (Lipinski definition) is 3. The number of rotatable bonds is 14. The van der Waals surface area contributed by atoms with E-state index in [1.807, 2.05) is 4.90 Å². The molecule has 0 aliphatic rings. The fourth-order valence-electron chi connectivity index (χ4n) is 3.51. The zero-order valence-electron chi connectivity index (χ0n) is 21.8. The molecule has 2 aromatic rings. The molecule has 0 fully saturated rings. The Morgan fingerprint density at radius 1 is 0.900 bits per heavy atom. The highest BCUT2D eigenvalue weighted by Crippen LogP contribution is 2.20. The lowest BCUT2D eigenvalue weighted by Gasteiger charge is -2.23. The number of methoxy groups -OCH3 is 2. The van der Waals surface area contributed by atoms with Crippen LogP contribution in [0.2, 0.25) is 0 Å². The monoisotopic (exact) mass is 597 g/mol. The van der Waals surface area contributed by atoms with E-state index in [0.717, 1.165) is 19.9 Å². The van der Waals surface area contributed by atoms with E-state index in [9.17, 15) is 29.1 Å². The number of benzene rings is 2. The van der Waals surface area contributed by atoms with Crippen LogP contribution < -0.4 is 20.3 Å². The summed E-state index contributed by atoms with van der Waals surface area (Å²) in [6.45, 7) is 1.15. The van der Waals surface area contributed by atoms with Crippen molar-refractivity contribution in [3.05, 3.63) is 53.6 Å². The number of alkyl halides is 2. The van der Waals surface area contributed by atoms with Crippen molar-refractivity contribution in [2.75, 3.05) is 49.3 Å². The third-order valence-corrected chi connectivity index (χ3v) is 5.77. The van der Waals surface area contributed by atoms with E-state index >= 15 is 0 Å². The molecule has 0 heterocycles. The second-order valence-corrected chi connectivity index (χ2v) is 8.91. The number of anilines is 2. The molecular weight excluding hydrogens is 569 g/mol. The first-order valence-corrected chi connectivity index (χ1v) is 13.0. The molecule has 0 spiro atoms. The van der Waals surface area contributed by atoms with Crippen LogP contribution in [0, 0.1) is 0 Å². The highest BCUT2D eigenvalue weighted by Gasteiger charge is 2.23. The summed E-state index contributed by atoms with van der Waals surface area (Å²) < 4.78 is 14.5. The summed E-state index contributed by atoms with van der Waals surface area (Å²) in [6, 6.07) is 8.88. The lowest BCUT2D eigenvalue weighted by Crippen LogP contribution is -2.42. The summed E-state index contributed by atoms with van der Waals surface area (Å²) in [5, 5.41) is 14.2. The van der Waals surface area contributed by atoms with Crippen molar-refractivity contribution in [2.45, 2.75) is 18.9 Å². The molecule has 0 saturated carbocycles. The lowest BCUT2D eigenvalue weighted by atomic mass is 10.1. The highest BCUT2D eigenvalue weighted by atomic mass is 35.5. The first-order valence-electron chi connectivity index (χ1n) is 11.9. The number of nitrogens with one attached hydrogen (secondary N) is 2. The Morgan fingerprint density at radius 3 is 1.93 bits per heavy atom. The standard InChI is InChI=1S/C26H29Cl2N3O9/c1-38-24(35)16-13-17(25(36)39-2)15-18(14-16)29-22(32)8-7-21(23(33)34)30-26(37)40-20-5-3-19(4-6-20)31(11-9-27)12-10-28/h3-6,13-15,21H,7-12H2,1-2H3,(H,29,32)(H,30,37)(H,33,34)/t21-/m0/s1. The average Bonchev–Trinajstić information content (AvgIpc) is 2.94. The molecule has 0 aromatic heterocycles.